The molecule has 2 fully saturated rings. The van der Waals surface area contributed by atoms with E-state index >= 15 is 0 Å². The molecule has 2 heteroatoms. The van der Waals surface area contributed by atoms with Crippen molar-refractivity contribution >= 4 is 0 Å². The van der Waals surface area contributed by atoms with Gasteiger partial charge in [0.2, 0.25) is 0 Å². The number of benzene rings is 1. The summed E-state index contributed by atoms with van der Waals surface area (Å²) in [6, 6.07) is 3.31. The van der Waals surface area contributed by atoms with Crippen LogP contribution >= 0.6 is 0 Å². The molecule has 0 radical (unpaired) electrons. The number of hydrogen-bond acceptors (Lipinski definition) is 0. The lowest BCUT2D eigenvalue weighted by Crippen LogP contribution is -2.26. The zero-order valence-electron chi connectivity index (χ0n) is 14.6. The Morgan fingerprint density at radius 3 is 2.08 bits per heavy atom. The van der Waals surface area contributed by atoms with Gasteiger partial charge in [-0.15, -0.1) is 12.6 Å². The Kier molecular flexibility index (Phi) is 5.63. The van der Waals surface area contributed by atoms with E-state index in [2.05, 4.69) is 19.6 Å². The van der Waals surface area contributed by atoms with Gasteiger partial charge in [-0.1, -0.05) is 6.08 Å². The molecule has 0 aromatic heterocycles. The van der Waals surface area contributed by atoms with Crippen molar-refractivity contribution in [1.82, 2.24) is 0 Å². The SMILES string of the molecule is C=CC1CCC(C2CCC(Cc3ccc([CH2-])c(F)c3F)CC2)CC1. The molecule has 0 atom stereocenters. The first-order chi connectivity index (χ1) is 11.6. The van der Waals surface area contributed by atoms with E-state index in [1.54, 1.807) is 12.1 Å². The van der Waals surface area contributed by atoms with Crippen LogP contribution in [0.2, 0.25) is 0 Å². The van der Waals surface area contributed by atoms with Crippen molar-refractivity contribution in [3.8, 4) is 0 Å². The highest BCUT2D eigenvalue weighted by Gasteiger charge is 2.30. The van der Waals surface area contributed by atoms with Crippen LogP contribution in [-0.4, -0.2) is 0 Å². The second-order valence-electron chi connectivity index (χ2n) is 7.91. The molecular weight excluding hydrogens is 302 g/mol. The van der Waals surface area contributed by atoms with Gasteiger partial charge < -0.3 is 0 Å². The summed E-state index contributed by atoms with van der Waals surface area (Å²) in [6.07, 6.45) is 12.9. The zero-order valence-corrected chi connectivity index (χ0v) is 14.6. The second-order valence-corrected chi connectivity index (χ2v) is 7.91. The highest BCUT2D eigenvalue weighted by atomic mass is 19.2. The van der Waals surface area contributed by atoms with Crippen molar-refractivity contribution in [2.45, 2.75) is 57.8 Å². The van der Waals surface area contributed by atoms with Gasteiger partial charge in [-0.05, 0) is 87.0 Å². The summed E-state index contributed by atoms with van der Waals surface area (Å²) in [6.45, 7) is 7.45. The summed E-state index contributed by atoms with van der Waals surface area (Å²) in [5.74, 6) is 1.48. The average molecular weight is 331 g/mol. The molecule has 3 rings (SSSR count). The molecule has 132 valence electrons. The van der Waals surface area contributed by atoms with Gasteiger partial charge in [0.1, 0.15) is 5.82 Å². The highest BCUT2D eigenvalue weighted by molar-refractivity contribution is 5.28. The predicted molar refractivity (Wildman–Crippen MR) is 95.6 cm³/mol. The lowest BCUT2D eigenvalue weighted by Gasteiger charge is -2.37. The Morgan fingerprint density at radius 1 is 0.917 bits per heavy atom. The van der Waals surface area contributed by atoms with Crippen molar-refractivity contribution in [1.29, 1.82) is 0 Å². The van der Waals surface area contributed by atoms with E-state index in [0.29, 0.717) is 17.9 Å². The van der Waals surface area contributed by atoms with Gasteiger partial charge in [-0.25, -0.2) is 4.39 Å². The molecule has 0 heterocycles. The molecule has 0 spiro atoms. The Balaban J connectivity index is 1.51. The molecule has 0 saturated heterocycles. The first kappa shape index (κ1) is 17.5. The average Bonchev–Trinajstić information content (AvgIpc) is 2.63. The van der Waals surface area contributed by atoms with Crippen LogP contribution in [0.25, 0.3) is 0 Å². The molecule has 1 aromatic carbocycles. The molecule has 2 aliphatic rings. The quantitative estimate of drug-likeness (QED) is 0.437. The van der Waals surface area contributed by atoms with Gasteiger partial charge in [0.15, 0.2) is 0 Å². The number of rotatable bonds is 4. The van der Waals surface area contributed by atoms with Gasteiger partial charge in [-0.2, -0.15) is 18.6 Å². The smallest absolute Gasteiger partial charge is 0.105 e. The Hall–Kier alpha value is -1.31. The molecule has 0 unspecified atom stereocenters. The summed E-state index contributed by atoms with van der Waals surface area (Å²) >= 11 is 0. The minimum atomic E-state index is -0.778. The maximum atomic E-state index is 14.0. The third kappa shape index (κ3) is 3.84. The van der Waals surface area contributed by atoms with Crippen LogP contribution in [0.15, 0.2) is 24.8 Å². The topological polar surface area (TPSA) is 0 Å². The van der Waals surface area contributed by atoms with Crippen LogP contribution in [0.5, 0.6) is 0 Å². The largest absolute Gasteiger partial charge is 0.281 e. The Morgan fingerprint density at radius 2 is 1.50 bits per heavy atom. The third-order valence-electron chi connectivity index (χ3n) is 6.46. The van der Waals surface area contributed by atoms with E-state index in [-0.39, 0.29) is 5.56 Å². The van der Waals surface area contributed by atoms with Crippen LogP contribution in [0.3, 0.4) is 0 Å². The van der Waals surface area contributed by atoms with Crippen molar-refractivity contribution < 1.29 is 8.78 Å². The summed E-state index contributed by atoms with van der Waals surface area (Å²) < 4.78 is 27.7. The molecule has 24 heavy (non-hydrogen) atoms. The van der Waals surface area contributed by atoms with Gasteiger partial charge in [0.25, 0.3) is 0 Å². The molecule has 2 saturated carbocycles. The minimum absolute atomic E-state index is 0.148. The molecular formula is C22H29F2-. The first-order valence-corrected chi connectivity index (χ1v) is 9.49. The summed E-state index contributed by atoms with van der Waals surface area (Å²) in [4.78, 5) is 0. The standard InChI is InChI=1S/C22H29F2/c1-3-16-5-10-18(11-6-16)19-12-7-17(8-13-19)14-20-9-4-15(2)21(23)22(20)24/h3-4,9,16-19H,1-2,5-8,10-14H2/q-1. The summed E-state index contributed by atoms with van der Waals surface area (Å²) in [5, 5.41) is 0. The Bertz CT molecular complexity index is 562. The zero-order chi connectivity index (χ0) is 17.1. The lowest BCUT2D eigenvalue weighted by molar-refractivity contribution is 0.155. The lowest BCUT2D eigenvalue weighted by atomic mass is 9.68. The summed E-state index contributed by atoms with van der Waals surface area (Å²) in [5.41, 5.74) is 0.671. The van der Waals surface area contributed by atoms with Crippen LogP contribution in [0.1, 0.15) is 62.5 Å². The van der Waals surface area contributed by atoms with E-state index < -0.39 is 11.6 Å². The fourth-order valence-electron chi connectivity index (χ4n) is 4.81. The van der Waals surface area contributed by atoms with Gasteiger partial charge >= 0.3 is 0 Å². The molecule has 2 aliphatic carbocycles. The molecule has 0 amide bonds. The van der Waals surface area contributed by atoms with Crippen LogP contribution < -0.4 is 0 Å². The van der Waals surface area contributed by atoms with E-state index in [1.165, 1.54) is 38.5 Å². The molecule has 1 aromatic rings. The van der Waals surface area contributed by atoms with Crippen molar-refractivity contribution in [3.63, 3.8) is 0 Å². The minimum Gasteiger partial charge on any atom is -0.281 e. The summed E-state index contributed by atoms with van der Waals surface area (Å²) in [7, 11) is 0. The monoisotopic (exact) mass is 331 g/mol. The fraction of sp³-hybridized carbons (Fsp3) is 0.591. The first-order valence-electron chi connectivity index (χ1n) is 9.49. The van der Waals surface area contributed by atoms with Gasteiger partial charge in [-0.3, -0.25) is 4.39 Å². The number of halogens is 2. The Labute approximate surface area is 145 Å². The number of allylic oxidation sites excluding steroid dienone is 1. The maximum Gasteiger partial charge on any atom is 0.105 e. The number of hydrogen-bond donors (Lipinski definition) is 0. The predicted octanol–water partition coefficient (Wildman–Crippen LogP) is 6.49. The van der Waals surface area contributed by atoms with Crippen molar-refractivity contribution in [3.05, 3.63) is 54.5 Å². The van der Waals surface area contributed by atoms with Crippen molar-refractivity contribution in [2.24, 2.45) is 23.7 Å². The molecule has 0 nitrogen and oxygen atoms in total. The second kappa shape index (κ2) is 7.72. The van der Waals surface area contributed by atoms with Gasteiger partial charge in [0, 0.05) is 0 Å². The van der Waals surface area contributed by atoms with E-state index in [1.807, 2.05) is 0 Å². The van der Waals surface area contributed by atoms with Crippen LogP contribution in [-0.2, 0) is 6.42 Å². The van der Waals surface area contributed by atoms with Crippen LogP contribution in [0.4, 0.5) is 8.78 Å². The van der Waals surface area contributed by atoms with E-state index in [4.69, 9.17) is 0 Å². The maximum absolute atomic E-state index is 14.0. The molecule has 0 bridgehead atoms. The van der Waals surface area contributed by atoms with E-state index in [0.717, 1.165) is 30.6 Å². The highest BCUT2D eigenvalue weighted by Crippen LogP contribution is 2.42. The molecule has 0 N–H and O–H groups in total. The molecule has 0 aliphatic heterocycles. The normalized spacial score (nSPS) is 30.9. The van der Waals surface area contributed by atoms with E-state index in [9.17, 15) is 8.78 Å². The van der Waals surface area contributed by atoms with Crippen molar-refractivity contribution in [2.75, 3.05) is 0 Å². The van der Waals surface area contributed by atoms with Crippen LogP contribution in [0, 0.1) is 42.2 Å². The fourth-order valence-corrected chi connectivity index (χ4v) is 4.81. The third-order valence-corrected chi connectivity index (χ3v) is 6.46. The van der Waals surface area contributed by atoms with Gasteiger partial charge in [0.05, 0.1) is 5.82 Å².